The minimum atomic E-state index is -1.99. The van der Waals surface area contributed by atoms with Crippen LogP contribution in [0.5, 0.6) is 0 Å². The van der Waals surface area contributed by atoms with Gasteiger partial charge in [0.1, 0.15) is 7.11 Å². The smallest absolute Gasteiger partial charge is 0.286 e. The van der Waals surface area contributed by atoms with Gasteiger partial charge >= 0.3 is 0 Å². The first-order valence-electron chi connectivity index (χ1n) is 5.03. The van der Waals surface area contributed by atoms with E-state index < -0.39 is 17.1 Å². The fraction of sp³-hybridized carbons (Fsp3) is 0.200. The molecule has 1 aromatic carbocycles. The zero-order valence-corrected chi connectivity index (χ0v) is 11.7. The van der Waals surface area contributed by atoms with E-state index in [-0.39, 0.29) is 12.3 Å². The quantitative estimate of drug-likeness (QED) is 0.299. The lowest BCUT2D eigenvalue weighted by molar-refractivity contribution is -0.113. The van der Waals surface area contributed by atoms with Crippen LogP contribution < -0.4 is 9.86 Å². The van der Waals surface area contributed by atoms with Gasteiger partial charge in [-0.05, 0) is 18.5 Å². The number of nitrogens with one attached hydrogen (secondary N) is 1. The van der Waals surface area contributed by atoms with Gasteiger partial charge in [0, 0.05) is 5.56 Å². The van der Waals surface area contributed by atoms with Crippen LogP contribution in [0.1, 0.15) is 11.1 Å². The zero-order chi connectivity index (χ0) is 14.3. The summed E-state index contributed by atoms with van der Waals surface area (Å²) in [7, 11) is 1.30. The topological polar surface area (TPSA) is 103 Å². The lowest BCUT2D eigenvalue weighted by atomic mass is 10.0. The molecule has 9 heteroatoms. The summed E-state index contributed by atoms with van der Waals surface area (Å²) in [5.74, 6) is -0.714. The van der Waals surface area contributed by atoms with Crippen molar-refractivity contribution in [1.29, 1.82) is 0 Å². The van der Waals surface area contributed by atoms with Crippen molar-refractivity contribution in [2.75, 3.05) is 7.11 Å². The SMILES string of the molecule is CO/N=C(/C(=O)NS(N)=O)c1ccccc1COS. The van der Waals surface area contributed by atoms with Crippen molar-refractivity contribution in [1.82, 2.24) is 4.72 Å². The summed E-state index contributed by atoms with van der Waals surface area (Å²) in [6, 6.07) is 6.88. The summed E-state index contributed by atoms with van der Waals surface area (Å²) in [5.41, 5.74) is 1.09. The highest BCUT2D eigenvalue weighted by Crippen LogP contribution is 2.13. The minimum absolute atomic E-state index is 0.0534. The van der Waals surface area contributed by atoms with E-state index in [9.17, 15) is 9.00 Å². The summed E-state index contributed by atoms with van der Waals surface area (Å²) >= 11 is 1.68. The number of hydrogen-bond donors (Lipinski definition) is 3. The van der Waals surface area contributed by atoms with E-state index in [0.29, 0.717) is 11.1 Å². The largest absolute Gasteiger partial charge is 0.398 e. The van der Waals surface area contributed by atoms with Crippen LogP contribution in [0.15, 0.2) is 29.4 Å². The lowest BCUT2D eigenvalue weighted by Crippen LogP contribution is -2.36. The molecule has 0 radical (unpaired) electrons. The highest BCUT2D eigenvalue weighted by molar-refractivity contribution is 7.81. The molecule has 1 rings (SSSR count). The Kier molecular flexibility index (Phi) is 6.50. The van der Waals surface area contributed by atoms with Crippen LogP contribution in [-0.2, 0) is 31.6 Å². The van der Waals surface area contributed by atoms with Crippen molar-refractivity contribution in [3.05, 3.63) is 35.4 Å². The van der Waals surface area contributed by atoms with Crippen LogP contribution in [0, 0.1) is 0 Å². The van der Waals surface area contributed by atoms with Gasteiger partial charge in [0.2, 0.25) is 0 Å². The molecule has 0 saturated heterocycles. The number of benzene rings is 1. The van der Waals surface area contributed by atoms with E-state index in [1.165, 1.54) is 7.11 Å². The number of carbonyl (C=O) groups excluding carboxylic acids is 1. The summed E-state index contributed by atoms with van der Waals surface area (Å²) in [6.45, 7) is 0.168. The minimum Gasteiger partial charge on any atom is -0.398 e. The Morgan fingerprint density at radius 2 is 2.21 bits per heavy atom. The van der Waals surface area contributed by atoms with Gasteiger partial charge in [0.25, 0.3) is 5.91 Å². The van der Waals surface area contributed by atoms with Crippen LogP contribution in [0.25, 0.3) is 0 Å². The number of amides is 1. The van der Waals surface area contributed by atoms with Gasteiger partial charge < -0.3 is 9.02 Å². The molecule has 19 heavy (non-hydrogen) atoms. The van der Waals surface area contributed by atoms with Gasteiger partial charge in [-0.3, -0.25) is 9.52 Å². The molecular weight excluding hydrogens is 290 g/mol. The van der Waals surface area contributed by atoms with Gasteiger partial charge in [-0.2, -0.15) is 0 Å². The Morgan fingerprint density at radius 1 is 1.53 bits per heavy atom. The Balaban J connectivity index is 3.16. The average molecular weight is 303 g/mol. The molecule has 1 atom stereocenters. The number of oxime groups is 1. The van der Waals surface area contributed by atoms with Crippen molar-refractivity contribution >= 4 is 35.7 Å². The third kappa shape index (κ3) is 4.63. The van der Waals surface area contributed by atoms with Crippen LogP contribution in [0.4, 0.5) is 0 Å². The van der Waals surface area contributed by atoms with Crippen molar-refractivity contribution in [2.45, 2.75) is 6.61 Å². The van der Waals surface area contributed by atoms with Crippen LogP contribution in [0.2, 0.25) is 0 Å². The van der Waals surface area contributed by atoms with Crippen LogP contribution in [0.3, 0.4) is 0 Å². The van der Waals surface area contributed by atoms with E-state index in [2.05, 4.69) is 22.9 Å². The predicted octanol–water partition coefficient (Wildman–Crippen LogP) is 0.0521. The maximum absolute atomic E-state index is 11.8. The number of rotatable bonds is 6. The molecule has 0 bridgehead atoms. The number of nitrogens with zero attached hydrogens (tertiary/aromatic N) is 1. The molecule has 0 heterocycles. The first-order chi connectivity index (χ1) is 9.10. The van der Waals surface area contributed by atoms with Crippen molar-refractivity contribution in [3.8, 4) is 0 Å². The Labute approximate surface area is 118 Å². The van der Waals surface area contributed by atoms with Gasteiger partial charge in [-0.1, -0.05) is 29.4 Å². The molecule has 104 valence electrons. The van der Waals surface area contributed by atoms with Crippen LogP contribution in [-0.4, -0.2) is 22.9 Å². The molecule has 1 amide bonds. The normalized spacial score (nSPS) is 12.9. The Hall–Kier alpha value is -1.42. The molecule has 0 aliphatic heterocycles. The highest BCUT2D eigenvalue weighted by Gasteiger charge is 2.19. The van der Waals surface area contributed by atoms with Crippen molar-refractivity contribution < 1.29 is 18.0 Å². The van der Waals surface area contributed by atoms with Crippen LogP contribution >= 0.6 is 12.9 Å². The lowest BCUT2D eigenvalue weighted by Gasteiger charge is -2.09. The first-order valence-corrected chi connectivity index (χ1v) is 6.61. The molecule has 0 saturated carbocycles. The van der Waals surface area contributed by atoms with E-state index in [1.807, 2.05) is 4.72 Å². The Bertz CT molecular complexity index is 507. The van der Waals surface area contributed by atoms with Gasteiger partial charge in [-0.25, -0.2) is 9.35 Å². The van der Waals surface area contributed by atoms with E-state index in [4.69, 9.17) is 9.32 Å². The van der Waals surface area contributed by atoms with Gasteiger partial charge in [0.15, 0.2) is 16.9 Å². The van der Waals surface area contributed by atoms with Gasteiger partial charge in [0.05, 0.1) is 6.61 Å². The van der Waals surface area contributed by atoms with E-state index in [1.54, 1.807) is 24.3 Å². The highest BCUT2D eigenvalue weighted by atomic mass is 32.2. The summed E-state index contributed by atoms with van der Waals surface area (Å²) < 4.78 is 17.6. The second-order valence-corrected chi connectivity index (χ2v) is 4.34. The van der Waals surface area contributed by atoms with Crippen molar-refractivity contribution in [2.24, 2.45) is 10.3 Å². The molecule has 1 aromatic rings. The summed E-state index contributed by atoms with van der Waals surface area (Å²) in [5, 5.41) is 8.63. The van der Waals surface area contributed by atoms with Gasteiger partial charge in [-0.15, -0.1) is 0 Å². The molecule has 0 fully saturated rings. The molecule has 0 aromatic heterocycles. The first kappa shape index (κ1) is 15.6. The predicted molar refractivity (Wildman–Crippen MR) is 74.2 cm³/mol. The molecule has 0 spiro atoms. The molecule has 7 nitrogen and oxygen atoms in total. The Morgan fingerprint density at radius 3 is 2.79 bits per heavy atom. The number of carbonyl (C=O) groups is 1. The second-order valence-electron chi connectivity index (χ2n) is 3.28. The van der Waals surface area contributed by atoms with Crippen molar-refractivity contribution in [3.63, 3.8) is 0 Å². The van der Waals surface area contributed by atoms with E-state index in [0.717, 1.165) is 0 Å². The fourth-order valence-corrected chi connectivity index (χ4v) is 1.81. The maximum Gasteiger partial charge on any atom is 0.286 e. The number of nitrogens with two attached hydrogens (primary N) is 1. The summed E-state index contributed by atoms with van der Waals surface area (Å²) in [4.78, 5) is 16.5. The third-order valence-electron chi connectivity index (χ3n) is 2.08. The summed E-state index contributed by atoms with van der Waals surface area (Å²) in [6.07, 6.45) is 0. The second kappa shape index (κ2) is 7.89. The molecule has 0 aliphatic carbocycles. The van der Waals surface area contributed by atoms with E-state index >= 15 is 0 Å². The molecule has 0 aliphatic rings. The standard InChI is InChI=1S/C10H13N3O4S2/c1-16-12-9(10(14)13-19(11)15)8-5-3-2-4-7(8)6-17-18/h2-5,18H,6,11H2,1H3,(H,13,14)/b12-9+. The maximum atomic E-state index is 11.8. The molecule has 3 N–H and O–H groups in total. The third-order valence-corrected chi connectivity index (χ3v) is 2.60. The number of hydrogen-bond acceptors (Lipinski definition) is 6. The number of thiol groups is 1. The molecular formula is C10H13N3O4S2. The molecule has 1 unspecified atom stereocenters. The monoisotopic (exact) mass is 303 g/mol. The fourth-order valence-electron chi connectivity index (χ4n) is 1.39. The average Bonchev–Trinajstić information content (AvgIpc) is 2.36. The zero-order valence-electron chi connectivity index (χ0n) is 10.0.